The highest BCUT2D eigenvalue weighted by Gasteiger charge is 2.85. The van der Waals surface area contributed by atoms with Gasteiger partial charge >= 0.3 is 43.0 Å². The van der Waals surface area contributed by atoms with Crippen LogP contribution >= 0.6 is 0 Å². The second kappa shape index (κ2) is 15.7. The number of rotatable bonds is 6. The third-order valence-corrected chi connectivity index (χ3v) is 9.18. The van der Waals surface area contributed by atoms with E-state index in [2.05, 4.69) is 24.5 Å². The van der Waals surface area contributed by atoms with Gasteiger partial charge in [-0.15, -0.1) is 0 Å². The summed E-state index contributed by atoms with van der Waals surface area (Å²) in [4.78, 5) is 10.8. The molecule has 1 saturated heterocycles. The van der Waals surface area contributed by atoms with Gasteiger partial charge in [0, 0.05) is 22.6 Å². The summed E-state index contributed by atoms with van der Waals surface area (Å²) in [6, 6.07) is -1.19. The van der Waals surface area contributed by atoms with E-state index in [0.717, 1.165) is 6.26 Å². The summed E-state index contributed by atoms with van der Waals surface area (Å²) in [6.45, 7) is 16.7. The zero-order valence-corrected chi connectivity index (χ0v) is 30.1. The third kappa shape index (κ3) is 9.06. The lowest BCUT2D eigenvalue weighted by Gasteiger charge is -2.39. The largest absolute Gasteiger partial charge is 0.498 e. The predicted molar refractivity (Wildman–Crippen MR) is 164 cm³/mol. The van der Waals surface area contributed by atoms with Gasteiger partial charge in [0.15, 0.2) is 0 Å². The molecule has 6 nitrogen and oxygen atoms in total. The minimum absolute atomic E-state index is 0.162. The average Bonchev–Trinajstić information content (AvgIpc) is 3.64. The van der Waals surface area contributed by atoms with Gasteiger partial charge < -0.3 is 24.4 Å². The van der Waals surface area contributed by atoms with E-state index >= 15 is 0 Å². The molecule has 5 unspecified atom stereocenters. The van der Waals surface area contributed by atoms with Crippen molar-refractivity contribution in [1.29, 1.82) is 0 Å². The Kier molecular flexibility index (Phi) is 13.7. The number of hydrogen-bond donors (Lipinski definition) is 2. The van der Waals surface area contributed by atoms with Crippen LogP contribution in [0.3, 0.4) is 0 Å². The highest BCUT2D eigenvalue weighted by molar-refractivity contribution is 5.87. The van der Waals surface area contributed by atoms with E-state index in [9.17, 15) is 94.0 Å². The normalized spacial score (nSPS) is 23.6. The molecule has 0 spiro atoms. The van der Waals surface area contributed by atoms with Gasteiger partial charge in [0.25, 0.3) is 16.8 Å². The molecule has 1 aliphatic heterocycles. The molecule has 58 heavy (non-hydrogen) atoms. The lowest BCUT2D eigenvalue weighted by atomic mass is 9.76. The number of alkyl halides is 18. The number of aliphatic hydroxyl groups is 2. The van der Waals surface area contributed by atoms with E-state index in [-0.39, 0.29) is 36.9 Å². The van der Waals surface area contributed by atoms with E-state index in [1.165, 1.54) is 0 Å². The van der Waals surface area contributed by atoms with Crippen molar-refractivity contribution in [2.24, 2.45) is 17.8 Å². The lowest BCUT2D eigenvalue weighted by molar-refractivity contribution is -0.387. The van der Waals surface area contributed by atoms with Crippen molar-refractivity contribution in [2.75, 3.05) is 0 Å². The molecule has 3 aliphatic rings. The molecule has 2 aliphatic carbocycles. The Morgan fingerprint density at radius 3 is 1.41 bits per heavy atom. The SMILES string of the molecule is C=C(C)C(=O)OC(C)(C)C.C=COC1C2CC3OC(C(F)(F)F)(C(F)(F)F)C1C3C2.C=Cc1cc(C(O)(C(F)(F)F)C(F)(F)F)cc(C(O)(C(F)(F)F)C(F)(F)F)c1. The number of esters is 1. The second-order valence-electron chi connectivity index (χ2n) is 14.3. The van der Waals surface area contributed by atoms with Crippen LogP contribution in [0.2, 0.25) is 0 Å². The molecule has 5 atom stereocenters. The predicted octanol–water partition coefficient (Wildman–Crippen LogP) is 10.3. The molecule has 1 aromatic rings. The summed E-state index contributed by atoms with van der Waals surface area (Å²) in [7, 11) is 0. The molecule has 24 heteroatoms. The first kappa shape index (κ1) is 50.5. The van der Waals surface area contributed by atoms with Crippen molar-refractivity contribution < 1.29 is 108 Å². The fourth-order valence-electron chi connectivity index (χ4n) is 6.75. The highest BCUT2D eigenvalue weighted by Crippen LogP contribution is 2.68. The maximum absolute atomic E-state index is 13.2. The summed E-state index contributed by atoms with van der Waals surface area (Å²) < 4.78 is 249. The maximum Gasteiger partial charge on any atom is 0.430 e. The van der Waals surface area contributed by atoms with Crippen LogP contribution < -0.4 is 0 Å². The van der Waals surface area contributed by atoms with E-state index in [4.69, 9.17) is 9.47 Å². The minimum Gasteiger partial charge on any atom is -0.498 e. The summed E-state index contributed by atoms with van der Waals surface area (Å²) in [5.74, 6) is -3.16. The second-order valence-corrected chi connectivity index (χ2v) is 14.3. The van der Waals surface area contributed by atoms with Gasteiger partial charge in [0.05, 0.1) is 12.4 Å². The fraction of sp³-hybridized carbons (Fsp3) is 0.618. The average molecular weight is 881 g/mol. The van der Waals surface area contributed by atoms with Crippen LogP contribution in [-0.2, 0) is 30.2 Å². The first-order valence-corrected chi connectivity index (χ1v) is 16.1. The van der Waals surface area contributed by atoms with Crippen LogP contribution in [-0.4, -0.2) is 76.7 Å². The third-order valence-electron chi connectivity index (χ3n) is 9.18. The van der Waals surface area contributed by atoms with E-state index in [0.29, 0.717) is 11.6 Å². The monoisotopic (exact) mass is 880 g/mol. The Balaban J connectivity index is 0.000000334. The first-order valence-electron chi connectivity index (χ1n) is 16.1. The van der Waals surface area contributed by atoms with Gasteiger partial charge in [-0.2, -0.15) is 79.0 Å². The Labute approximate surface area is 317 Å². The number of halogens is 18. The van der Waals surface area contributed by atoms with Crippen molar-refractivity contribution in [1.82, 2.24) is 0 Å². The molecule has 1 heterocycles. The number of hydrogen-bond acceptors (Lipinski definition) is 6. The number of ether oxygens (including phenoxy) is 3. The zero-order chi connectivity index (χ0) is 45.8. The number of benzene rings is 1. The Morgan fingerprint density at radius 1 is 0.741 bits per heavy atom. The topological polar surface area (TPSA) is 85.2 Å². The molecule has 332 valence electrons. The molecule has 0 aromatic heterocycles. The molecule has 0 amide bonds. The van der Waals surface area contributed by atoms with E-state index in [1.54, 1.807) is 6.92 Å². The number of carbonyl (C=O) groups excluding carboxylic acids is 1. The van der Waals surface area contributed by atoms with Crippen molar-refractivity contribution in [3.63, 3.8) is 0 Å². The highest BCUT2D eigenvalue weighted by atomic mass is 19.4. The van der Waals surface area contributed by atoms with E-state index < -0.39 is 106 Å². The van der Waals surface area contributed by atoms with Crippen LogP contribution in [0, 0.1) is 17.8 Å². The van der Waals surface area contributed by atoms with Gasteiger partial charge in [0.2, 0.25) is 0 Å². The molecule has 1 aromatic carbocycles. The lowest BCUT2D eigenvalue weighted by Crippen LogP contribution is -2.62. The summed E-state index contributed by atoms with van der Waals surface area (Å²) in [6.07, 6.45) is -37.8. The van der Waals surface area contributed by atoms with E-state index in [1.807, 2.05) is 20.8 Å². The van der Waals surface area contributed by atoms with Gasteiger partial charge in [-0.25, -0.2) is 4.79 Å². The van der Waals surface area contributed by atoms with Crippen LogP contribution in [0.1, 0.15) is 57.2 Å². The molecular formula is C34H34F18O6. The standard InChI is InChI=1S/C14H8F12O2.C12H12F6O2.C8H14O2/c1-2-6-3-7(9(27,11(15,16)17)12(18,19)20)5-8(4-6)10(28,13(21,22)23)14(24,25)26;1-2-19-9-5-3-6-7(4-5)20-10(8(6)9,11(13,14)15)12(16,17)18;1-6(2)7(9)10-8(3,4)5/h2-5,27-28H,1H2;2,5-9H,1,3-4H2;1H2,2-5H3. The summed E-state index contributed by atoms with van der Waals surface area (Å²) >= 11 is 0. The minimum atomic E-state index is -6.59. The zero-order valence-electron chi connectivity index (χ0n) is 30.1. The van der Waals surface area contributed by atoms with Crippen LogP contribution in [0.25, 0.3) is 6.08 Å². The van der Waals surface area contributed by atoms with Crippen molar-refractivity contribution >= 4 is 12.0 Å². The van der Waals surface area contributed by atoms with Crippen molar-refractivity contribution in [2.45, 2.75) is 112 Å². The van der Waals surface area contributed by atoms with Crippen LogP contribution in [0.4, 0.5) is 79.0 Å². The fourth-order valence-corrected chi connectivity index (χ4v) is 6.75. The Morgan fingerprint density at radius 2 is 1.14 bits per heavy atom. The van der Waals surface area contributed by atoms with Crippen LogP contribution in [0.15, 0.2) is 49.8 Å². The summed E-state index contributed by atoms with van der Waals surface area (Å²) in [5, 5.41) is 18.5. The first-order chi connectivity index (χ1) is 25.6. The maximum atomic E-state index is 13.2. The molecular weight excluding hydrogens is 846 g/mol. The molecule has 0 radical (unpaired) electrons. The van der Waals surface area contributed by atoms with Crippen LogP contribution in [0.5, 0.6) is 0 Å². The molecule has 2 N–H and O–H groups in total. The number of fused-ring (bicyclic) bond motifs is 1. The molecule has 2 bridgehead atoms. The van der Waals surface area contributed by atoms with Gasteiger partial charge in [-0.05, 0) is 76.1 Å². The summed E-state index contributed by atoms with van der Waals surface area (Å²) in [5.41, 5.74) is -21.7. The number of carbonyl (C=O) groups is 1. The smallest absolute Gasteiger partial charge is 0.430 e. The van der Waals surface area contributed by atoms with Gasteiger partial charge in [-0.3, -0.25) is 0 Å². The van der Waals surface area contributed by atoms with Crippen molar-refractivity contribution in [3.8, 4) is 0 Å². The Hall–Kier alpha value is -3.67. The van der Waals surface area contributed by atoms with Crippen molar-refractivity contribution in [3.05, 3.63) is 66.5 Å². The molecule has 3 fully saturated rings. The molecule has 4 rings (SSSR count). The molecule has 2 saturated carbocycles. The Bertz CT molecular complexity index is 1580. The van der Waals surface area contributed by atoms with Gasteiger partial charge in [0.1, 0.15) is 11.7 Å². The quantitative estimate of drug-likeness (QED) is 0.128. The van der Waals surface area contributed by atoms with Gasteiger partial charge in [-0.1, -0.05) is 25.8 Å².